The summed E-state index contributed by atoms with van der Waals surface area (Å²) < 4.78 is 24.1. The summed E-state index contributed by atoms with van der Waals surface area (Å²) in [7, 11) is 0. The number of alkyl halides is 1. The molecule has 0 saturated carbocycles. The summed E-state index contributed by atoms with van der Waals surface area (Å²) in [5, 5.41) is 0. The Balaban J connectivity index is 2.73. The Morgan fingerprint density at radius 1 is 1.52 bits per heavy atom. The van der Waals surface area contributed by atoms with Crippen LogP contribution in [0.25, 0.3) is 0 Å². The Hall–Kier alpha value is -0.810. The molecule has 0 N–H and O–H groups in total. The molecule has 0 bridgehead atoms. The van der Waals surface area contributed by atoms with Crippen LogP contribution in [-0.2, 0) is 9.47 Å². The van der Waals surface area contributed by atoms with Gasteiger partial charge in [-0.2, -0.15) is 0 Å². The van der Waals surface area contributed by atoms with E-state index in [2.05, 4.69) is 0 Å². The molecule has 1 fully saturated rings. The quantitative estimate of drug-likeness (QED) is 0.727. The van der Waals surface area contributed by atoms with Crippen LogP contribution in [-0.4, -0.2) is 40.8 Å². The van der Waals surface area contributed by atoms with Crippen molar-refractivity contribution in [2.75, 3.05) is 12.5 Å². The minimum Gasteiger partial charge on any atom is -0.444 e. The van der Waals surface area contributed by atoms with E-state index in [-0.39, 0.29) is 17.7 Å². The Labute approximate surface area is 131 Å². The smallest absolute Gasteiger partial charge is 0.412 e. The highest BCUT2D eigenvalue weighted by atomic mass is 35.5. The van der Waals surface area contributed by atoms with Crippen LogP contribution < -0.4 is 0 Å². The average molecular weight is 322 g/mol. The first-order valence-corrected chi connectivity index (χ1v) is 7.67. The topological polar surface area (TPSA) is 38.8 Å². The van der Waals surface area contributed by atoms with Gasteiger partial charge in [0.1, 0.15) is 17.2 Å². The van der Waals surface area contributed by atoms with Gasteiger partial charge in [-0.05, 0) is 47.5 Å². The van der Waals surface area contributed by atoms with Gasteiger partial charge in [-0.1, -0.05) is 6.08 Å². The lowest BCUT2D eigenvalue weighted by Crippen LogP contribution is -2.49. The highest BCUT2D eigenvalue weighted by Crippen LogP contribution is 2.31. The van der Waals surface area contributed by atoms with Crippen molar-refractivity contribution in [1.82, 2.24) is 4.90 Å². The fraction of sp³-hybridized carbons (Fsp3) is 0.800. The van der Waals surface area contributed by atoms with Crippen LogP contribution in [0.5, 0.6) is 0 Å². The Bertz CT molecular complexity index is 404. The second kappa shape index (κ2) is 6.97. The molecule has 0 spiro atoms. The zero-order valence-corrected chi connectivity index (χ0v) is 14.2. The number of hydrogen-bond acceptors (Lipinski definition) is 3. The van der Waals surface area contributed by atoms with Gasteiger partial charge < -0.3 is 9.47 Å². The van der Waals surface area contributed by atoms with E-state index in [1.54, 1.807) is 4.90 Å². The molecule has 0 aromatic carbocycles. The maximum Gasteiger partial charge on any atom is 0.412 e. The van der Waals surface area contributed by atoms with E-state index in [4.69, 9.17) is 21.1 Å². The van der Waals surface area contributed by atoms with Crippen molar-refractivity contribution in [2.24, 2.45) is 0 Å². The van der Waals surface area contributed by atoms with Crippen LogP contribution in [0.4, 0.5) is 9.18 Å². The lowest BCUT2D eigenvalue weighted by Gasteiger charge is -2.35. The molecule has 21 heavy (non-hydrogen) atoms. The van der Waals surface area contributed by atoms with Crippen LogP contribution in [0.1, 0.15) is 47.5 Å². The first kappa shape index (κ1) is 18.2. The summed E-state index contributed by atoms with van der Waals surface area (Å²) in [6.45, 7) is 9.54. The minimum absolute atomic E-state index is 0.123. The van der Waals surface area contributed by atoms with Gasteiger partial charge in [-0.3, -0.25) is 4.90 Å². The number of ether oxygens (including phenoxy) is 2. The van der Waals surface area contributed by atoms with E-state index in [0.29, 0.717) is 19.4 Å². The van der Waals surface area contributed by atoms with E-state index < -0.39 is 17.4 Å². The fourth-order valence-corrected chi connectivity index (χ4v) is 2.37. The number of allylic oxidation sites excluding steroid dienone is 2. The summed E-state index contributed by atoms with van der Waals surface area (Å²) in [6, 6.07) is -0.130. The van der Waals surface area contributed by atoms with Gasteiger partial charge in [0.2, 0.25) is 0 Å². The highest BCUT2D eigenvalue weighted by Gasteiger charge is 2.45. The molecule has 1 unspecified atom stereocenters. The molecule has 1 heterocycles. The first-order valence-electron chi connectivity index (χ1n) is 7.13. The molecule has 4 nitrogen and oxygen atoms in total. The first-order chi connectivity index (χ1) is 9.57. The maximum atomic E-state index is 13.0. The zero-order valence-electron chi connectivity index (χ0n) is 13.4. The number of hydrogen-bond donors (Lipinski definition) is 0. The standard InChI is InChI=1S/C15H25ClFNO3/c1-14(2,3)21-13(19)18-12(10-20-15(18,4)5)8-6-7-11(17)9-16/h7,12H,6,8-10H2,1-5H3/b11-7-. The van der Waals surface area contributed by atoms with Gasteiger partial charge in [-0.25, -0.2) is 9.18 Å². The number of halogens is 2. The second-order valence-corrected chi connectivity index (χ2v) is 6.89. The minimum atomic E-state index is -0.720. The van der Waals surface area contributed by atoms with E-state index in [1.165, 1.54) is 6.08 Å². The van der Waals surface area contributed by atoms with Crippen molar-refractivity contribution >= 4 is 17.7 Å². The van der Waals surface area contributed by atoms with Gasteiger partial charge in [0.15, 0.2) is 0 Å². The highest BCUT2D eigenvalue weighted by molar-refractivity contribution is 6.19. The molecule has 1 rings (SSSR count). The van der Waals surface area contributed by atoms with Crippen LogP contribution in [0.15, 0.2) is 11.9 Å². The Morgan fingerprint density at radius 2 is 2.14 bits per heavy atom. The SMILES string of the molecule is CC(C)(C)OC(=O)N1C(CC/C=C(\F)CCl)COC1(C)C. The second-order valence-electron chi connectivity index (χ2n) is 6.62. The molecule has 1 atom stereocenters. The van der Waals surface area contributed by atoms with Gasteiger partial charge in [0, 0.05) is 0 Å². The van der Waals surface area contributed by atoms with Crippen molar-refractivity contribution in [3.05, 3.63) is 11.9 Å². The predicted molar refractivity (Wildman–Crippen MR) is 81.0 cm³/mol. The predicted octanol–water partition coefficient (Wildman–Crippen LogP) is 4.23. The van der Waals surface area contributed by atoms with E-state index in [1.807, 2.05) is 34.6 Å². The van der Waals surface area contributed by atoms with Gasteiger partial charge in [0.25, 0.3) is 0 Å². The zero-order chi connectivity index (χ0) is 16.3. The van der Waals surface area contributed by atoms with Crippen LogP contribution in [0, 0.1) is 0 Å². The number of carbonyl (C=O) groups excluding carboxylic acids is 1. The van der Waals surface area contributed by atoms with Gasteiger partial charge >= 0.3 is 6.09 Å². The number of rotatable bonds is 4. The Kier molecular flexibility index (Phi) is 6.05. The van der Waals surface area contributed by atoms with E-state index in [9.17, 15) is 9.18 Å². The summed E-state index contributed by atoms with van der Waals surface area (Å²) in [5.74, 6) is -0.471. The molecule has 6 heteroatoms. The Morgan fingerprint density at radius 3 is 2.67 bits per heavy atom. The molecule has 0 radical (unpaired) electrons. The molecule has 0 aromatic rings. The van der Waals surface area contributed by atoms with Gasteiger partial charge in [0.05, 0.1) is 18.5 Å². The molecule has 1 aliphatic heterocycles. The van der Waals surface area contributed by atoms with Crippen LogP contribution >= 0.6 is 11.6 Å². The third-order valence-electron chi connectivity index (χ3n) is 3.16. The van der Waals surface area contributed by atoms with Crippen molar-refractivity contribution in [3.8, 4) is 0 Å². The molecule has 1 aliphatic rings. The lowest BCUT2D eigenvalue weighted by atomic mass is 10.1. The van der Waals surface area contributed by atoms with Crippen molar-refractivity contribution in [1.29, 1.82) is 0 Å². The van der Waals surface area contributed by atoms with Crippen LogP contribution in [0.3, 0.4) is 0 Å². The monoisotopic (exact) mass is 321 g/mol. The number of nitrogens with zero attached hydrogens (tertiary/aromatic N) is 1. The summed E-state index contributed by atoms with van der Waals surface area (Å²) in [6.07, 6.45) is 2.15. The van der Waals surface area contributed by atoms with E-state index >= 15 is 0 Å². The molecule has 1 saturated heterocycles. The molecule has 0 aromatic heterocycles. The van der Waals surface area contributed by atoms with Crippen molar-refractivity contribution in [2.45, 2.75) is 64.8 Å². The molecule has 122 valence electrons. The molecule has 0 aliphatic carbocycles. The number of amides is 1. The summed E-state index contributed by atoms with van der Waals surface area (Å²) in [5.41, 5.74) is -1.29. The molecular formula is C15H25ClFNO3. The van der Waals surface area contributed by atoms with Crippen LogP contribution in [0.2, 0.25) is 0 Å². The fourth-order valence-electron chi connectivity index (χ4n) is 2.26. The third kappa shape index (κ3) is 5.47. The summed E-state index contributed by atoms with van der Waals surface area (Å²) in [4.78, 5) is 14.0. The largest absolute Gasteiger partial charge is 0.444 e. The average Bonchev–Trinajstić information content (AvgIpc) is 2.62. The lowest BCUT2D eigenvalue weighted by molar-refractivity contribution is -0.0626. The van der Waals surface area contributed by atoms with Crippen molar-refractivity contribution in [3.63, 3.8) is 0 Å². The summed E-state index contributed by atoms with van der Waals surface area (Å²) >= 11 is 5.39. The third-order valence-corrected chi connectivity index (χ3v) is 3.41. The van der Waals surface area contributed by atoms with Gasteiger partial charge in [-0.15, -0.1) is 11.6 Å². The molecule has 1 amide bonds. The molecular weight excluding hydrogens is 297 g/mol. The van der Waals surface area contributed by atoms with Crippen molar-refractivity contribution < 1.29 is 18.7 Å². The number of carbonyl (C=O) groups is 1. The van der Waals surface area contributed by atoms with E-state index in [0.717, 1.165) is 0 Å². The maximum absolute atomic E-state index is 13.0. The normalized spacial score (nSPS) is 22.5.